The summed E-state index contributed by atoms with van der Waals surface area (Å²) in [5, 5.41) is 10.7. The van der Waals surface area contributed by atoms with Gasteiger partial charge in [0.05, 0.1) is 16.6 Å². The fourth-order valence-electron chi connectivity index (χ4n) is 1.97. The molecule has 7 heteroatoms. The molecular weight excluding hydrogens is 330 g/mol. The highest BCUT2D eigenvalue weighted by atomic mass is 79.9. The molecule has 1 atom stereocenters. The Labute approximate surface area is 124 Å². The molecule has 1 heterocycles. The molecule has 0 spiro atoms. The number of ether oxygens (including phenoxy) is 2. The van der Waals surface area contributed by atoms with Gasteiger partial charge in [0.2, 0.25) is 0 Å². The summed E-state index contributed by atoms with van der Waals surface area (Å²) in [5.41, 5.74) is 0.00377. The molecular formula is C13H14BrNO5. The van der Waals surface area contributed by atoms with E-state index >= 15 is 0 Å². The fraction of sp³-hybridized carbons (Fsp3) is 0.462. The van der Waals surface area contributed by atoms with Gasteiger partial charge >= 0.3 is 5.97 Å². The number of carbonyl (C=O) groups is 1. The first-order valence-electron chi connectivity index (χ1n) is 6.30. The maximum Gasteiger partial charge on any atom is 0.339 e. The second-order valence-electron chi connectivity index (χ2n) is 4.51. The highest BCUT2D eigenvalue weighted by molar-refractivity contribution is 9.10. The standard InChI is InChI=1S/C13H14BrNO5/c14-12-5-4-9(15(17)18)7-11(12)13(16)20-8-10-3-1-2-6-19-10/h4-5,7,10H,1-3,6,8H2. The largest absolute Gasteiger partial charge is 0.459 e. The third-order valence-corrected chi connectivity index (χ3v) is 3.75. The number of rotatable bonds is 4. The molecule has 0 amide bonds. The molecule has 1 aliphatic rings. The lowest BCUT2D eigenvalue weighted by molar-refractivity contribution is -0.384. The minimum Gasteiger partial charge on any atom is -0.459 e. The summed E-state index contributed by atoms with van der Waals surface area (Å²) < 4.78 is 11.1. The van der Waals surface area contributed by atoms with Gasteiger partial charge in [-0.3, -0.25) is 10.1 Å². The van der Waals surface area contributed by atoms with Crippen molar-refractivity contribution in [3.8, 4) is 0 Å². The molecule has 6 nitrogen and oxygen atoms in total. The predicted molar refractivity (Wildman–Crippen MR) is 74.7 cm³/mol. The van der Waals surface area contributed by atoms with Gasteiger partial charge in [0, 0.05) is 23.2 Å². The number of esters is 1. The van der Waals surface area contributed by atoms with E-state index in [9.17, 15) is 14.9 Å². The van der Waals surface area contributed by atoms with Crippen LogP contribution in [0, 0.1) is 10.1 Å². The molecule has 2 rings (SSSR count). The van der Waals surface area contributed by atoms with E-state index < -0.39 is 10.9 Å². The molecule has 1 fully saturated rings. The number of halogens is 1. The monoisotopic (exact) mass is 343 g/mol. The lowest BCUT2D eigenvalue weighted by Gasteiger charge is -2.22. The Morgan fingerprint density at radius 2 is 2.30 bits per heavy atom. The van der Waals surface area contributed by atoms with Crippen LogP contribution < -0.4 is 0 Å². The van der Waals surface area contributed by atoms with Crippen molar-refractivity contribution in [1.29, 1.82) is 0 Å². The number of nitro groups is 1. The van der Waals surface area contributed by atoms with Gasteiger partial charge in [0.15, 0.2) is 0 Å². The topological polar surface area (TPSA) is 78.7 Å². The molecule has 0 radical (unpaired) electrons. The Hall–Kier alpha value is -1.47. The van der Waals surface area contributed by atoms with Gasteiger partial charge in [-0.1, -0.05) is 0 Å². The zero-order valence-corrected chi connectivity index (χ0v) is 12.3. The van der Waals surface area contributed by atoms with Crippen LogP contribution in [-0.4, -0.2) is 30.2 Å². The molecule has 0 bridgehead atoms. The van der Waals surface area contributed by atoms with Crippen molar-refractivity contribution in [3.63, 3.8) is 0 Å². The molecule has 1 unspecified atom stereocenters. The summed E-state index contributed by atoms with van der Waals surface area (Å²) in [5.74, 6) is -0.588. The van der Waals surface area contributed by atoms with Crippen LogP contribution in [0.3, 0.4) is 0 Å². The van der Waals surface area contributed by atoms with Gasteiger partial charge in [-0.2, -0.15) is 0 Å². The number of nitro benzene ring substituents is 1. The summed E-state index contributed by atoms with van der Waals surface area (Å²) in [6.07, 6.45) is 2.87. The minimum atomic E-state index is -0.588. The van der Waals surface area contributed by atoms with Crippen molar-refractivity contribution in [2.75, 3.05) is 13.2 Å². The van der Waals surface area contributed by atoms with Crippen LogP contribution in [0.1, 0.15) is 29.6 Å². The van der Waals surface area contributed by atoms with Crippen molar-refractivity contribution in [1.82, 2.24) is 0 Å². The SMILES string of the molecule is O=C(OCC1CCCCO1)c1cc([N+](=O)[O-])ccc1Br. The van der Waals surface area contributed by atoms with Crippen LogP contribution in [0.5, 0.6) is 0 Å². The summed E-state index contributed by atoms with van der Waals surface area (Å²) in [4.78, 5) is 22.1. The predicted octanol–water partition coefficient (Wildman–Crippen LogP) is 3.08. The molecule has 1 aromatic carbocycles. The second-order valence-corrected chi connectivity index (χ2v) is 5.36. The summed E-state index contributed by atoms with van der Waals surface area (Å²) in [6.45, 7) is 0.858. The average Bonchev–Trinajstić information content (AvgIpc) is 2.46. The first-order chi connectivity index (χ1) is 9.58. The van der Waals surface area contributed by atoms with Crippen LogP contribution in [0.25, 0.3) is 0 Å². The molecule has 0 N–H and O–H groups in total. The van der Waals surface area contributed by atoms with E-state index in [2.05, 4.69) is 15.9 Å². The molecule has 0 aliphatic carbocycles. The highest BCUT2D eigenvalue weighted by Gasteiger charge is 2.20. The quantitative estimate of drug-likeness (QED) is 0.476. The maximum absolute atomic E-state index is 12.0. The number of hydrogen-bond acceptors (Lipinski definition) is 5. The zero-order chi connectivity index (χ0) is 14.5. The van der Waals surface area contributed by atoms with Gasteiger partial charge in [0.25, 0.3) is 5.69 Å². The number of carbonyl (C=O) groups excluding carboxylic acids is 1. The number of nitrogens with zero attached hydrogens (tertiary/aromatic N) is 1. The van der Waals surface area contributed by atoms with E-state index in [1.165, 1.54) is 18.2 Å². The summed E-state index contributed by atoms with van der Waals surface area (Å²) in [6, 6.07) is 3.99. The van der Waals surface area contributed by atoms with Crippen molar-refractivity contribution in [3.05, 3.63) is 38.3 Å². The molecule has 1 aliphatic heterocycles. The van der Waals surface area contributed by atoms with Gasteiger partial charge in [-0.25, -0.2) is 4.79 Å². The Bertz CT molecular complexity index is 513. The van der Waals surface area contributed by atoms with Crippen LogP contribution in [-0.2, 0) is 9.47 Å². The maximum atomic E-state index is 12.0. The van der Waals surface area contributed by atoms with Crippen LogP contribution in [0.15, 0.2) is 22.7 Å². The number of hydrogen-bond donors (Lipinski definition) is 0. The molecule has 0 aromatic heterocycles. The normalized spacial score (nSPS) is 18.6. The van der Waals surface area contributed by atoms with E-state index in [0.717, 1.165) is 19.3 Å². The van der Waals surface area contributed by atoms with E-state index in [1.807, 2.05) is 0 Å². The smallest absolute Gasteiger partial charge is 0.339 e. The summed E-state index contributed by atoms with van der Waals surface area (Å²) >= 11 is 3.19. The van der Waals surface area contributed by atoms with Gasteiger partial charge in [0.1, 0.15) is 6.61 Å². The molecule has 1 aromatic rings. The Morgan fingerprint density at radius 1 is 1.50 bits per heavy atom. The molecule has 1 saturated heterocycles. The third kappa shape index (κ3) is 3.77. The van der Waals surface area contributed by atoms with Crippen molar-refractivity contribution < 1.29 is 19.2 Å². The van der Waals surface area contributed by atoms with Gasteiger partial charge in [-0.05, 0) is 41.3 Å². The van der Waals surface area contributed by atoms with E-state index in [-0.39, 0.29) is 24.0 Å². The Balaban J connectivity index is 2.00. The van der Waals surface area contributed by atoms with Gasteiger partial charge < -0.3 is 9.47 Å². The second kappa shape index (κ2) is 6.81. The van der Waals surface area contributed by atoms with E-state index in [1.54, 1.807) is 0 Å². The minimum absolute atomic E-state index is 0.0785. The first-order valence-corrected chi connectivity index (χ1v) is 7.10. The van der Waals surface area contributed by atoms with Crippen LogP contribution >= 0.6 is 15.9 Å². The average molecular weight is 344 g/mol. The number of non-ortho nitro benzene ring substituents is 1. The Morgan fingerprint density at radius 3 is 2.95 bits per heavy atom. The number of benzene rings is 1. The fourth-order valence-corrected chi connectivity index (χ4v) is 2.38. The molecule has 0 saturated carbocycles. The summed E-state index contributed by atoms with van der Waals surface area (Å²) in [7, 11) is 0. The lowest BCUT2D eigenvalue weighted by atomic mass is 10.1. The van der Waals surface area contributed by atoms with Crippen LogP contribution in [0.4, 0.5) is 5.69 Å². The first kappa shape index (κ1) is 14.9. The molecule has 108 valence electrons. The lowest BCUT2D eigenvalue weighted by Crippen LogP contribution is -2.26. The zero-order valence-electron chi connectivity index (χ0n) is 10.7. The van der Waals surface area contributed by atoms with Crippen molar-refractivity contribution in [2.24, 2.45) is 0 Å². The van der Waals surface area contributed by atoms with E-state index in [4.69, 9.17) is 9.47 Å². The molecule has 20 heavy (non-hydrogen) atoms. The van der Waals surface area contributed by atoms with E-state index in [0.29, 0.717) is 11.1 Å². The van der Waals surface area contributed by atoms with Gasteiger partial charge in [-0.15, -0.1) is 0 Å². The highest BCUT2D eigenvalue weighted by Crippen LogP contribution is 2.23. The van der Waals surface area contributed by atoms with Crippen LogP contribution in [0.2, 0.25) is 0 Å². The third-order valence-electron chi connectivity index (χ3n) is 3.05. The Kier molecular flexibility index (Phi) is 5.08. The van der Waals surface area contributed by atoms with Crippen molar-refractivity contribution >= 4 is 27.6 Å². The van der Waals surface area contributed by atoms with Crippen molar-refractivity contribution in [2.45, 2.75) is 25.4 Å².